The smallest absolute Gasteiger partial charge is 0.339 e. The van der Waals surface area contributed by atoms with Crippen LogP contribution < -0.4 is 25.0 Å². The van der Waals surface area contributed by atoms with Gasteiger partial charge < -0.3 is 29.5 Å². The fourth-order valence-electron chi connectivity index (χ4n) is 4.71. The molecule has 1 saturated heterocycles. The Morgan fingerprint density at radius 3 is 2.75 bits per heavy atom. The number of carbonyl (C=O) groups is 2. The van der Waals surface area contributed by atoms with Crippen molar-refractivity contribution in [3.05, 3.63) is 65.7 Å². The molecule has 5 rings (SSSR count). The lowest BCUT2D eigenvalue weighted by molar-refractivity contribution is -0.121. The summed E-state index contributed by atoms with van der Waals surface area (Å²) in [6.07, 6.45) is -0.381. The van der Waals surface area contributed by atoms with Gasteiger partial charge in [-0.3, -0.25) is 10.1 Å². The van der Waals surface area contributed by atoms with Crippen LogP contribution in [0.4, 0.5) is 5.69 Å². The van der Waals surface area contributed by atoms with Crippen molar-refractivity contribution in [3.63, 3.8) is 0 Å². The van der Waals surface area contributed by atoms with E-state index < -0.39 is 12.0 Å². The Labute approximate surface area is 208 Å². The molecule has 36 heavy (non-hydrogen) atoms. The number of fused-ring (bicyclic) bond motifs is 2. The van der Waals surface area contributed by atoms with Gasteiger partial charge in [0, 0.05) is 11.6 Å². The Morgan fingerprint density at radius 1 is 1.19 bits per heavy atom. The monoisotopic (exact) mass is 491 g/mol. The summed E-state index contributed by atoms with van der Waals surface area (Å²) in [7, 11) is 3.45. The first-order chi connectivity index (χ1) is 17.4. The van der Waals surface area contributed by atoms with Gasteiger partial charge in [0.15, 0.2) is 5.75 Å². The van der Waals surface area contributed by atoms with Crippen LogP contribution in [-0.2, 0) is 16.1 Å². The lowest BCUT2D eigenvalue weighted by Crippen LogP contribution is -2.50. The molecule has 9 nitrogen and oxygen atoms in total. The largest absolute Gasteiger partial charge is 0.496 e. The molecule has 2 aliphatic rings. The number of methoxy groups -OCH3 is 1. The summed E-state index contributed by atoms with van der Waals surface area (Å²) in [6, 6.07) is 15.9. The number of benzene rings is 3. The average molecular weight is 492 g/mol. The van der Waals surface area contributed by atoms with Gasteiger partial charge in [0.25, 0.3) is 0 Å². The maximum Gasteiger partial charge on any atom is 0.339 e. The molecule has 0 aromatic heterocycles. The second kappa shape index (κ2) is 9.77. The van der Waals surface area contributed by atoms with Crippen molar-refractivity contribution < 1.29 is 28.9 Å². The Hall–Kier alpha value is -3.66. The number of ether oxygens (including phenoxy) is 3. The normalized spacial score (nSPS) is 21.9. The second-order valence-corrected chi connectivity index (χ2v) is 8.98. The number of amides is 1. The number of nitrogens with one attached hydrogen (secondary N) is 2. The van der Waals surface area contributed by atoms with Gasteiger partial charge in [0.2, 0.25) is 5.91 Å². The molecule has 3 aromatic carbocycles. The van der Waals surface area contributed by atoms with Crippen LogP contribution in [0, 0.1) is 0 Å². The molecule has 0 spiro atoms. The summed E-state index contributed by atoms with van der Waals surface area (Å²) in [5.74, 6) is -0.557. The first kappa shape index (κ1) is 24.1. The molecule has 1 amide bonds. The van der Waals surface area contributed by atoms with Crippen molar-refractivity contribution in [2.45, 2.75) is 37.9 Å². The molecule has 2 aliphatic heterocycles. The molecular weight excluding hydrogens is 462 g/mol. The number of carboxylic acids is 1. The number of anilines is 1. The van der Waals surface area contributed by atoms with E-state index in [9.17, 15) is 14.7 Å². The summed E-state index contributed by atoms with van der Waals surface area (Å²) < 4.78 is 17.4. The Kier molecular flexibility index (Phi) is 6.53. The topological polar surface area (TPSA) is 113 Å². The van der Waals surface area contributed by atoms with Crippen molar-refractivity contribution in [2.24, 2.45) is 0 Å². The minimum absolute atomic E-state index is 0.000174. The highest BCUT2D eigenvalue weighted by Crippen LogP contribution is 2.38. The number of nitrogens with zero attached hydrogens (tertiary/aromatic N) is 1. The van der Waals surface area contributed by atoms with Gasteiger partial charge in [-0.1, -0.05) is 36.4 Å². The van der Waals surface area contributed by atoms with Gasteiger partial charge in [-0.05, 0) is 42.9 Å². The summed E-state index contributed by atoms with van der Waals surface area (Å²) in [6.45, 7) is 2.15. The van der Waals surface area contributed by atoms with Crippen LogP contribution in [-0.4, -0.2) is 62.2 Å². The third-order valence-corrected chi connectivity index (χ3v) is 6.85. The molecule has 2 heterocycles. The highest BCUT2D eigenvalue weighted by Gasteiger charge is 2.46. The molecule has 0 saturated carbocycles. The number of aromatic carboxylic acids is 1. The van der Waals surface area contributed by atoms with Crippen LogP contribution in [0.15, 0.2) is 54.6 Å². The molecule has 4 atom stereocenters. The van der Waals surface area contributed by atoms with Gasteiger partial charge in [-0.2, -0.15) is 0 Å². The number of carbonyl (C=O) groups excluding carboxylic acids is 1. The molecule has 0 radical (unpaired) electrons. The zero-order chi connectivity index (χ0) is 25.4. The van der Waals surface area contributed by atoms with Crippen LogP contribution in [0.1, 0.15) is 22.8 Å². The van der Waals surface area contributed by atoms with Gasteiger partial charge in [-0.25, -0.2) is 4.79 Å². The Morgan fingerprint density at radius 2 is 2.00 bits per heavy atom. The summed E-state index contributed by atoms with van der Waals surface area (Å²) >= 11 is 0. The second-order valence-electron chi connectivity index (χ2n) is 8.98. The van der Waals surface area contributed by atoms with E-state index in [1.807, 2.05) is 50.4 Å². The van der Waals surface area contributed by atoms with Gasteiger partial charge in [-0.15, -0.1) is 0 Å². The van der Waals surface area contributed by atoms with Crippen LogP contribution >= 0.6 is 0 Å². The molecule has 1 fully saturated rings. The zero-order valence-corrected chi connectivity index (χ0v) is 20.4. The minimum atomic E-state index is -1.12. The molecule has 0 bridgehead atoms. The number of hydrogen-bond donors (Lipinski definition) is 3. The van der Waals surface area contributed by atoms with Gasteiger partial charge >= 0.3 is 5.97 Å². The fourth-order valence-corrected chi connectivity index (χ4v) is 4.71. The first-order valence-electron chi connectivity index (χ1n) is 11.9. The molecular formula is C27H29N3O6. The lowest BCUT2D eigenvalue weighted by Gasteiger charge is -2.26. The Bertz CT molecular complexity index is 1310. The molecule has 188 valence electrons. The molecule has 4 unspecified atom stereocenters. The maximum absolute atomic E-state index is 14.0. The van der Waals surface area contributed by atoms with Crippen molar-refractivity contribution in [2.75, 3.05) is 25.7 Å². The lowest BCUT2D eigenvalue weighted by atomic mass is 10.0. The van der Waals surface area contributed by atoms with E-state index in [1.54, 1.807) is 24.1 Å². The number of hydrogen-bond acceptors (Lipinski definition) is 7. The van der Waals surface area contributed by atoms with Crippen molar-refractivity contribution >= 4 is 28.3 Å². The SMILES string of the molecule is CNC(C)C1OC1NC1COc2c(C(=O)O)cccc2N(Cc2c(OC)ccc3ccccc23)C1=O. The zero-order valence-electron chi connectivity index (χ0n) is 20.4. The van der Waals surface area contributed by atoms with Crippen LogP contribution in [0.3, 0.4) is 0 Å². The van der Waals surface area contributed by atoms with Crippen LogP contribution in [0.5, 0.6) is 11.5 Å². The van der Waals surface area contributed by atoms with Gasteiger partial charge in [0.05, 0.1) is 19.3 Å². The predicted octanol–water partition coefficient (Wildman–Crippen LogP) is 2.76. The number of likely N-dealkylation sites (N-methyl/N-ethyl adjacent to an activating group) is 1. The van der Waals surface area contributed by atoms with Crippen molar-refractivity contribution in [3.8, 4) is 11.5 Å². The van der Waals surface area contributed by atoms with Gasteiger partial charge in [0.1, 0.15) is 36.3 Å². The summed E-state index contributed by atoms with van der Waals surface area (Å²) in [5.41, 5.74) is 1.22. The highest BCUT2D eigenvalue weighted by molar-refractivity contribution is 6.03. The van der Waals surface area contributed by atoms with E-state index in [2.05, 4.69) is 10.6 Å². The number of carboxylic acid groups (broad SMARTS) is 1. The molecule has 0 aliphatic carbocycles. The third kappa shape index (κ3) is 4.37. The Balaban J connectivity index is 1.56. The summed E-state index contributed by atoms with van der Waals surface area (Å²) in [4.78, 5) is 27.5. The van der Waals surface area contributed by atoms with E-state index in [-0.39, 0.29) is 48.7 Å². The molecule has 3 N–H and O–H groups in total. The first-order valence-corrected chi connectivity index (χ1v) is 11.9. The molecule has 3 aromatic rings. The average Bonchev–Trinajstić information content (AvgIpc) is 3.68. The predicted molar refractivity (Wildman–Crippen MR) is 135 cm³/mol. The summed E-state index contributed by atoms with van der Waals surface area (Å²) in [5, 5.41) is 18.2. The van der Waals surface area contributed by atoms with Crippen LogP contribution in [0.2, 0.25) is 0 Å². The maximum atomic E-state index is 14.0. The van der Waals surface area contributed by atoms with E-state index in [0.717, 1.165) is 16.3 Å². The van der Waals surface area contributed by atoms with E-state index in [4.69, 9.17) is 14.2 Å². The van der Waals surface area contributed by atoms with Crippen LogP contribution in [0.25, 0.3) is 10.8 Å². The van der Waals surface area contributed by atoms with E-state index in [1.165, 1.54) is 6.07 Å². The highest BCUT2D eigenvalue weighted by atomic mass is 16.6. The van der Waals surface area contributed by atoms with Crippen molar-refractivity contribution in [1.29, 1.82) is 0 Å². The van der Waals surface area contributed by atoms with Crippen molar-refractivity contribution in [1.82, 2.24) is 10.6 Å². The van der Waals surface area contributed by atoms with E-state index in [0.29, 0.717) is 11.4 Å². The molecule has 9 heteroatoms. The number of epoxide rings is 1. The van der Waals surface area contributed by atoms with E-state index >= 15 is 0 Å². The fraction of sp³-hybridized carbons (Fsp3) is 0.333. The third-order valence-electron chi connectivity index (χ3n) is 6.85. The standard InChI is InChI=1S/C27H29N3O6/c1-15(28-2)23-25(36-23)29-20-14-35-24-18(27(32)33)9-6-10-21(24)30(26(20)31)13-19-17-8-5-4-7-16(17)11-12-22(19)34-3/h4-12,15,20,23,25,28-29H,13-14H2,1-3H3,(H,32,33). The number of rotatable bonds is 8. The quantitative estimate of drug-likeness (QED) is 0.413. The number of para-hydroxylation sites is 1. The minimum Gasteiger partial charge on any atom is -0.496 e.